The van der Waals surface area contributed by atoms with Crippen molar-refractivity contribution in [2.75, 3.05) is 13.6 Å². The molecular weight excluding hydrogens is 428 g/mol. The van der Waals surface area contributed by atoms with Crippen LogP contribution in [-0.2, 0) is 14.3 Å². The van der Waals surface area contributed by atoms with E-state index in [0.29, 0.717) is 36.8 Å². The number of rotatable bonds is 5. The molecule has 9 unspecified atom stereocenters. The first-order valence-corrected chi connectivity index (χ1v) is 13.0. The SMILES string of the molecule is CC1CC2C(CN1)CC(C1CC(NC(=O)C3CCCC(OC(F)F)C3)CCC1C)C(=O)N2C. The molecule has 0 spiro atoms. The second-order valence-corrected chi connectivity index (χ2v) is 11.2. The van der Waals surface area contributed by atoms with Gasteiger partial charge in [-0.15, -0.1) is 0 Å². The van der Waals surface area contributed by atoms with Gasteiger partial charge in [-0.2, -0.15) is 8.78 Å². The third-order valence-corrected chi connectivity index (χ3v) is 9.00. The predicted molar refractivity (Wildman–Crippen MR) is 122 cm³/mol. The summed E-state index contributed by atoms with van der Waals surface area (Å²) in [7, 11) is 1.97. The van der Waals surface area contributed by atoms with Crippen LogP contribution in [0.25, 0.3) is 0 Å². The monoisotopic (exact) mass is 469 g/mol. The molecule has 2 saturated heterocycles. The maximum absolute atomic E-state index is 13.4. The molecule has 0 aromatic rings. The van der Waals surface area contributed by atoms with Gasteiger partial charge < -0.3 is 20.3 Å². The summed E-state index contributed by atoms with van der Waals surface area (Å²) in [4.78, 5) is 28.3. The summed E-state index contributed by atoms with van der Waals surface area (Å²) < 4.78 is 29.9. The minimum absolute atomic E-state index is 0.0136. The molecule has 9 atom stereocenters. The molecule has 6 nitrogen and oxygen atoms in total. The Morgan fingerprint density at radius 2 is 1.91 bits per heavy atom. The minimum atomic E-state index is -2.79. The first-order valence-electron chi connectivity index (χ1n) is 13.0. The van der Waals surface area contributed by atoms with Crippen LogP contribution >= 0.6 is 0 Å². The standard InChI is InChI=1S/C25H41F2N3O3/c1-14-7-8-18(29-23(31)16-5-4-6-19(10-16)33-25(26)27)12-20(14)21-11-17-13-28-15(2)9-22(17)30(3)24(21)32/h14-22,25,28H,4-13H2,1-3H3,(H,29,31). The van der Waals surface area contributed by atoms with Gasteiger partial charge >= 0.3 is 6.61 Å². The Kier molecular flexibility index (Phi) is 7.94. The summed E-state index contributed by atoms with van der Waals surface area (Å²) in [6.07, 6.45) is 6.54. The second-order valence-electron chi connectivity index (χ2n) is 11.2. The molecule has 2 N–H and O–H groups in total. The Bertz CT molecular complexity index is 708. The highest BCUT2D eigenvalue weighted by molar-refractivity contribution is 5.80. The van der Waals surface area contributed by atoms with Crippen molar-refractivity contribution in [1.82, 2.24) is 15.5 Å². The van der Waals surface area contributed by atoms with Crippen LogP contribution in [-0.4, -0.2) is 61.1 Å². The van der Waals surface area contributed by atoms with E-state index in [1.807, 2.05) is 11.9 Å². The molecule has 4 aliphatic rings. The van der Waals surface area contributed by atoms with Crippen molar-refractivity contribution < 1.29 is 23.1 Å². The molecule has 8 heteroatoms. The van der Waals surface area contributed by atoms with Gasteiger partial charge in [-0.05, 0) is 76.0 Å². The van der Waals surface area contributed by atoms with Crippen molar-refractivity contribution in [3.05, 3.63) is 0 Å². The molecular formula is C25H41F2N3O3. The molecule has 2 aliphatic carbocycles. The summed E-state index contributed by atoms with van der Waals surface area (Å²) in [5.74, 6) is 1.19. The maximum Gasteiger partial charge on any atom is 0.345 e. The van der Waals surface area contributed by atoms with E-state index in [1.54, 1.807) is 0 Å². The molecule has 2 amide bonds. The highest BCUT2D eigenvalue weighted by Crippen LogP contribution is 2.43. The van der Waals surface area contributed by atoms with E-state index in [2.05, 4.69) is 29.2 Å². The smallest absolute Gasteiger partial charge is 0.345 e. The third kappa shape index (κ3) is 5.69. The van der Waals surface area contributed by atoms with Crippen LogP contribution < -0.4 is 10.6 Å². The van der Waals surface area contributed by atoms with Crippen molar-refractivity contribution in [1.29, 1.82) is 0 Å². The summed E-state index contributed by atoms with van der Waals surface area (Å²) >= 11 is 0. The molecule has 0 aromatic carbocycles. The zero-order valence-electron chi connectivity index (χ0n) is 20.3. The molecule has 4 rings (SSSR count). The molecule has 0 bridgehead atoms. The van der Waals surface area contributed by atoms with Gasteiger partial charge in [0.15, 0.2) is 0 Å². The molecule has 33 heavy (non-hydrogen) atoms. The number of carbonyl (C=O) groups excluding carboxylic acids is 2. The van der Waals surface area contributed by atoms with Gasteiger partial charge in [0.25, 0.3) is 0 Å². The molecule has 2 aliphatic heterocycles. The van der Waals surface area contributed by atoms with Crippen LogP contribution in [0.1, 0.15) is 71.6 Å². The second kappa shape index (κ2) is 10.5. The Balaban J connectivity index is 1.36. The van der Waals surface area contributed by atoms with Gasteiger partial charge in [0, 0.05) is 43.6 Å². The zero-order valence-corrected chi connectivity index (χ0v) is 20.3. The van der Waals surface area contributed by atoms with Gasteiger partial charge in [0.05, 0.1) is 6.10 Å². The molecule has 2 saturated carbocycles. The molecule has 2 heterocycles. The lowest BCUT2D eigenvalue weighted by molar-refractivity contribution is -0.175. The largest absolute Gasteiger partial charge is 0.353 e. The number of piperidine rings is 2. The fourth-order valence-corrected chi connectivity index (χ4v) is 7.07. The fourth-order valence-electron chi connectivity index (χ4n) is 7.07. The van der Waals surface area contributed by atoms with E-state index in [1.165, 1.54) is 0 Å². The summed E-state index contributed by atoms with van der Waals surface area (Å²) in [6.45, 7) is 2.61. The lowest BCUT2D eigenvalue weighted by Gasteiger charge is -2.50. The number of nitrogens with one attached hydrogen (secondary N) is 2. The first kappa shape index (κ1) is 24.8. The van der Waals surface area contributed by atoms with E-state index >= 15 is 0 Å². The quantitative estimate of drug-likeness (QED) is 0.646. The van der Waals surface area contributed by atoms with Gasteiger partial charge in [-0.1, -0.05) is 13.3 Å². The third-order valence-electron chi connectivity index (χ3n) is 9.00. The van der Waals surface area contributed by atoms with Crippen molar-refractivity contribution in [2.45, 2.75) is 102 Å². The number of hydrogen-bond donors (Lipinski definition) is 2. The highest BCUT2D eigenvalue weighted by Gasteiger charge is 2.47. The number of alkyl halides is 2. The number of amides is 2. The number of ether oxygens (including phenoxy) is 1. The molecule has 0 aromatic heterocycles. The van der Waals surface area contributed by atoms with Gasteiger partial charge in [-0.3, -0.25) is 9.59 Å². The number of halogens is 2. The number of fused-ring (bicyclic) bond motifs is 1. The Hall–Kier alpha value is -1.28. The fraction of sp³-hybridized carbons (Fsp3) is 0.920. The van der Waals surface area contributed by atoms with E-state index in [0.717, 1.165) is 51.5 Å². The molecule has 0 radical (unpaired) electrons. The first-order chi connectivity index (χ1) is 15.7. The summed E-state index contributed by atoms with van der Waals surface area (Å²) in [5, 5.41) is 6.81. The number of nitrogens with zero attached hydrogens (tertiary/aromatic N) is 1. The number of likely N-dealkylation sites (tertiary alicyclic amines) is 1. The van der Waals surface area contributed by atoms with E-state index in [-0.39, 0.29) is 35.6 Å². The van der Waals surface area contributed by atoms with Crippen molar-refractivity contribution in [3.8, 4) is 0 Å². The van der Waals surface area contributed by atoms with Gasteiger partial charge in [0.2, 0.25) is 11.8 Å². The maximum atomic E-state index is 13.4. The van der Waals surface area contributed by atoms with Crippen molar-refractivity contribution >= 4 is 11.8 Å². The van der Waals surface area contributed by atoms with Crippen LogP contribution in [0.3, 0.4) is 0 Å². The Morgan fingerprint density at radius 1 is 1.12 bits per heavy atom. The van der Waals surface area contributed by atoms with Crippen LogP contribution in [0.4, 0.5) is 8.78 Å². The van der Waals surface area contributed by atoms with Crippen molar-refractivity contribution in [2.24, 2.45) is 29.6 Å². The predicted octanol–water partition coefficient (Wildman–Crippen LogP) is 3.55. The van der Waals surface area contributed by atoms with E-state index in [9.17, 15) is 18.4 Å². The summed E-state index contributed by atoms with van der Waals surface area (Å²) in [6, 6.07) is 0.821. The van der Waals surface area contributed by atoms with Gasteiger partial charge in [0.1, 0.15) is 0 Å². The molecule has 188 valence electrons. The van der Waals surface area contributed by atoms with E-state index in [4.69, 9.17) is 0 Å². The van der Waals surface area contributed by atoms with Crippen molar-refractivity contribution in [3.63, 3.8) is 0 Å². The topological polar surface area (TPSA) is 70.7 Å². The highest BCUT2D eigenvalue weighted by atomic mass is 19.3. The number of carbonyl (C=O) groups is 2. The average molecular weight is 470 g/mol. The lowest BCUT2D eigenvalue weighted by Crippen LogP contribution is -2.60. The van der Waals surface area contributed by atoms with Crippen LogP contribution in [0, 0.1) is 29.6 Å². The van der Waals surface area contributed by atoms with Crippen LogP contribution in [0.15, 0.2) is 0 Å². The van der Waals surface area contributed by atoms with Crippen LogP contribution in [0.5, 0.6) is 0 Å². The van der Waals surface area contributed by atoms with Crippen LogP contribution in [0.2, 0.25) is 0 Å². The normalized spacial score (nSPS) is 42.2. The van der Waals surface area contributed by atoms with Gasteiger partial charge in [-0.25, -0.2) is 0 Å². The van der Waals surface area contributed by atoms with E-state index < -0.39 is 12.7 Å². The lowest BCUT2D eigenvalue weighted by atomic mass is 9.65. The average Bonchev–Trinajstić information content (AvgIpc) is 2.78. The minimum Gasteiger partial charge on any atom is -0.353 e. The number of hydrogen-bond acceptors (Lipinski definition) is 4. The summed E-state index contributed by atoms with van der Waals surface area (Å²) in [5.41, 5.74) is 0. The molecule has 4 fully saturated rings. The Labute approximate surface area is 196 Å². The Morgan fingerprint density at radius 3 is 2.67 bits per heavy atom. The zero-order chi connectivity index (χ0) is 23.7.